The fraction of sp³-hybridized carbons (Fsp3) is 0.286. The van der Waals surface area contributed by atoms with E-state index in [2.05, 4.69) is 39.8 Å². The second-order valence-electron chi connectivity index (χ2n) is 9.31. The molecule has 0 aromatic heterocycles. The van der Waals surface area contributed by atoms with Crippen LogP contribution in [-0.4, -0.2) is 22.2 Å². The molecule has 0 aliphatic heterocycles. The Kier molecular flexibility index (Phi) is 7.88. The topological polar surface area (TPSA) is 60.2 Å². The molecule has 3 aromatic carbocycles. The van der Waals surface area contributed by atoms with Crippen LogP contribution in [0.5, 0.6) is 0 Å². The number of hydrogen-bond donors (Lipinski definition) is 1. The molecular formula is C28H31NO2S2. The second-order valence-corrected chi connectivity index (χ2v) is 12.8. The van der Waals surface area contributed by atoms with Gasteiger partial charge >= 0.3 is 0 Å². The summed E-state index contributed by atoms with van der Waals surface area (Å²) in [4.78, 5) is 24.1. The first-order valence-corrected chi connectivity index (χ1v) is 12.6. The Hall–Kier alpha value is -2.34. The third-order valence-electron chi connectivity index (χ3n) is 5.26. The maximum absolute atomic E-state index is 11.2. The highest BCUT2D eigenvalue weighted by Gasteiger charge is 2.24. The van der Waals surface area contributed by atoms with Crippen LogP contribution >= 0.6 is 23.5 Å². The predicted molar refractivity (Wildman–Crippen MR) is 142 cm³/mol. The molecule has 0 saturated heterocycles. The summed E-state index contributed by atoms with van der Waals surface area (Å²) in [5.74, 6) is 0. The highest BCUT2D eigenvalue weighted by atomic mass is 32.2. The maximum Gasteiger partial charge on any atom is 0.150 e. The van der Waals surface area contributed by atoms with Gasteiger partial charge < -0.3 is 5.73 Å². The fourth-order valence-electron chi connectivity index (χ4n) is 3.32. The number of carbonyl (C=O) groups excluding carboxylic acids is 2. The quantitative estimate of drug-likeness (QED) is 0.204. The minimum Gasteiger partial charge on any atom is -0.317 e. The SMILES string of the molecule is CCC(C)(N)Sc1cc(-c2ccc(C=O)cc2)c(SC(C)(C)C)cc1-c1ccc(C=O)cc1. The lowest BCUT2D eigenvalue weighted by molar-refractivity contribution is 0.111. The zero-order chi connectivity index (χ0) is 24.2. The van der Waals surface area contributed by atoms with Crippen molar-refractivity contribution < 1.29 is 9.59 Å². The van der Waals surface area contributed by atoms with Gasteiger partial charge in [-0.15, -0.1) is 23.5 Å². The van der Waals surface area contributed by atoms with Gasteiger partial charge in [-0.25, -0.2) is 0 Å². The first kappa shape index (κ1) is 25.3. The van der Waals surface area contributed by atoms with Crippen molar-refractivity contribution in [2.75, 3.05) is 0 Å². The lowest BCUT2D eigenvalue weighted by Crippen LogP contribution is -2.30. The summed E-state index contributed by atoms with van der Waals surface area (Å²) in [6.07, 6.45) is 2.55. The van der Waals surface area contributed by atoms with Crippen molar-refractivity contribution in [2.45, 2.75) is 60.4 Å². The standard InChI is InChI=1S/C28H31NO2S2/c1-6-28(5,29)33-26-16-23(21-11-7-19(17-30)8-12-21)25(32-27(2,3)4)15-24(26)22-13-9-20(18-31)10-14-22/h7-18H,6,29H2,1-5H3. The van der Waals surface area contributed by atoms with Crippen molar-refractivity contribution >= 4 is 36.1 Å². The predicted octanol–water partition coefficient (Wildman–Crippen LogP) is 7.71. The van der Waals surface area contributed by atoms with Gasteiger partial charge in [0.1, 0.15) is 12.6 Å². The van der Waals surface area contributed by atoms with Crippen LogP contribution in [-0.2, 0) is 0 Å². The summed E-state index contributed by atoms with van der Waals surface area (Å²) in [6.45, 7) is 10.7. The monoisotopic (exact) mass is 477 g/mol. The third kappa shape index (κ3) is 6.59. The Balaban J connectivity index is 2.26. The van der Waals surface area contributed by atoms with E-state index in [4.69, 9.17) is 5.73 Å². The molecule has 0 aliphatic rings. The van der Waals surface area contributed by atoms with Crippen LogP contribution in [0.25, 0.3) is 22.3 Å². The maximum atomic E-state index is 11.2. The van der Waals surface area contributed by atoms with Crippen molar-refractivity contribution in [1.82, 2.24) is 0 Å². The minimum absolute atomic E-state index is 0.0105. The van der Waals surface area contributed by atoms with E-state index in [-0.39, 0.29) is 4.75 Å². The van der Waals surface area contributed by atoms with E-state index in [1.807, 2.05) is 67.2 Å². The lowest BCUT2D eigenvalue weighted by Gasteiger charge is -2.26. The zero-order valence-corrected chi connectivity index (χ0v) is 21.5. The molecule has 0 radical (unpaired) electrons. The molecule has 0 saturated carbocycles. The third-order valence-corrected chi connectivity index (χ3v) is 7.74. The smallest absolute Gasteiger partial charge is 0.150 e. The second kappa shape index (κ2) is 10.3. The molecule has 0 spiro atoms. The van der Waals surface area contributed by atoms with Gasteiger partial charge in [0.15, 0.2) is 0 Å². The average molecular weight is 478 g/mol. The van der Waals surface area contributed by atoms with Crippen molar-refractivity contribution in [1.29, 1.82) is 0 Å². The number of aldehydes is 2. The number of carbonyl (C=O) groups is 2. The average Bonchev–Trinajstić information content (AvgIpc) is 2.79. The molecule has 0 aliphatic carbocycles. The van der Waals surface area contributed by atoms with E-state index in [0.717, 1.165) is 51.0 Å². The molecule has 2 N–H and O–H groups in total. The van der Waals surface area contributed by atoms with Gasteiger partial charge in [-0.2, -0.15) is 0 Å². The van der Waals surface area contributed by atoms with Crippen LogP contribution in [0.1, 0.15) is 61.8 Å². The Morgan fingerprint density at radius 3 is 1.45 bits per heavy atom. The largest absolute Gasteiger partial charge is 0.317 e. The fourth-order valence-corrected chi connectivity index (χ4v) is 5.55. The highest BCUT2D eigenvalue weighted by Crippen LogP contribution is 2.46. The normalized spacial score (nSPS) is 13.4. The van der Waals surface area contributed by atoms with Gasteiger partial charge in [-0.1, -0.05) is 76.2 Å². The summed E-state index contributed by atoms with van der Waals surface area (Å²) >= 11 is 3.48. The molecule has 0 fully saturated rings. The van der Waals surface area contributed by atoms with Gasteiger partial charge in [0.05, 0.1) is 4.87 Å². The van der Waals surface area contributed by atoms with Gasteiger partial charge in [0.2, 0.25) is 0 Å². The first-order chi connectivity index (χ1) is 15.5. The molecule has 5 heteroatoms. The van der Waals surface area contributed by atoms with Gasteiger partial charge in [0, 0.05) is 25.7 Å². The lowest BCUT2D eigenvalue weighted by atomic mass is 9.98. The van der Waals surface area contributed by atoms with Crippen LogP contribution in [0.4, 0.5) is 0 Å². The molecule has 0 heterocycles. The number of thioether (sulfide) groups is 2. The van der Waals surface area contributed by atoms with E-state index in [0.29, 0.717) is 11.1 Å². The summed E-state index contributed by atoms with van der Waals surface area (Å²) in [5.41, 5.74) is 12.2. The van der Waals surface area contributed by atoms with Crippen LogP contribution in [0.15, 0.2) is 70.5 Å². The van der Waals surface area contributed by atoms with Crippen molar-refractivity contribution in [3.63, 3.8) is 0 Å². The van der Waals surface area contributed by atoms with Crippen molar-refractivity contribution in [2.24, 2.45) is 5.73 Å². The van der Waals surface area contributed by atoms with Crippen LogP contribution < -0.4 is 5.73 Å². The van der Waals surface area contributed by atoms with Gasteiger partial charge in [-0.05, 0) is 47.7 Å². The number of hydrogen-bond acceptors (Lipinski definition) is 5. The Morgan fingerprint density at radius 1 is 0.727 bits per heavy atom. The Labute approximate surface area is 205 Å². The minimum atomic E-state index is -0.422. The van der Waals surface area contributed by atoms with E-state index in [9.17, 15) is 9.59 Å². The molecule has 33 heavy (non-hydrogen) atoms. The summed E-state index contributed by atoms with van der Waals surface area (Å²) in [6, 6.07) is 19.8. The molecule has 3 aromatic rings. The van der Waals surface area contributed by atoms with E-state index < -0.39 is 4.87 Å². The van der Waals surface area contributed by atoms with Crippen LogP contribution in [0.2, 0.25) is 0 Å². The molecule has 3 nitrogen and oxygen atoms in total. The van der Waals surface area contributed by atoms with Gasteiger partial charge in [-0.3, -0.25) is 9.59 Å². The molecule has 0 amide bonds. The highest BCUT2D eigenvalue weighted by molar-refractivity contribution is 8.01. The van der Waals surface area contributed by atoms with Crippen LogP contribution in [0.3, 0.4) is 0 Å². The molecule has 172 valence electrons. The first-order valence-electron chi connectivity index (χ1n) is 11.0. The molecule has 3 rings (SSSR count). The van der Waals surface area contributed by atoms with E-state index in [1.165, 1.54) is 0 Å². The Morgan fingerprint density at radius 2 is 1.12 bits per heavy atom. The van der Waals surface area contributed by atoms with Crippen molar-refractivity contribution in [3.8, 4) is 22.3 Å². The number of benzene rings is 3. The number of nitrogens with two attached hydrogens (primary N) is 1. The van der Waals surface area contributed by atoms with Crippen molar-refractivity contribution in [3.05, 3.63) is 71.8 Å². The zero-order valence-electron chi connectivity index (χ0n) is 19.8. The summed E-state index contributed by atoms with van der Waals surface area (Å²) in [7, 11) is 0. The summed E-state index contributed by atoms with van der Waals surface area (Å²) in [5, 5.41) is 0. The summed E-state index contributed by atoms with van der Waals surface area (Å²) < 4.78 is 0.0105. The molecule has 0 bridgehead atoms. The van der Waals surface area contributed by atoms with E-state index >= 15 is 0 Å². The van der Waals surface area contributed by atoms with E-state index in [1.54, 1.807) is 11.8 Å². The molecule has 1 atom stereocenters. The number of rotatable bonds is 8. The van der Waals surface area contributed by atoms with Crippen LogP contribution in [0, 0.1) is 0 Å². The Bertz CT molecular complexity index is 1130. The molecular weight excluding hydrogens is 446 g/mol. The molecule has 1 unspecified atom stereocenters. The van der Waals surface area contributed by atoms with Gasteiger partial charge in [0.25, 0.3) is 0 Å².